The third-order valence-corrected chi connectivity index (χ3v) is 2.57. The summed E-state index contributed by atoms with van der Waals surface area (Å²) in [6.45, 7) is 5.08. The molecule has 1 aromatic rings. The van der Waals surface area contributed by atoms with Crippen LogP contribution in [0.15, 0.2) is 18.2 Å². The summed E-state index contributed by atoms with van der Waals surface area (Å²) in [7, 11) is 0. The molecule has 0 unspecified atom stereocenters. The van der Waals surface area contributed by atoms with Gasteiger partial charge in [0.1, 0.15) is 0 Å². The van der Waals surface area contributed by atoms with Gasteiger partial charge in [0.05, 0.1) is 0 Å². The molecule has 0 aromatic heterocycles. The first-order valence-corrected chi connectivity index (χ1v) is 5.99. The van der Waals surface area contributed by atoms with Crippen molar-refractivity contribution in [2.24, 2.45) is 0 Å². The van der Waals surface area contributed by atoms with E-state index in [-0.39, 0.29) is 0 Å². The molecule has 17 heavy (non-hydrogen) atoms. The quantitative estimate of drug-likeness (QED) is 0.803. The van der Waals surface area contributed by atoms with Crippen molar-refractivity contribution in [2.45, 2.75) is 26.4 Å². The number of rotatable bonds is 3. The van der Waals surface area contributed by atoms with E-state index in [2.05, 4.69) is 24.5 Å². The summed E-state index contributed by atoms with van der Waals surface area (Å²) >= 11 is 5.15. The molecule has 0 saturated heterocycles. The lowest BCUT2D eigenvalue weighted by Gasteiger charge is -2.13. The molecule has 0 spiro atoms. The molecule has 0 fully saturated rings. The number of benzene rings is 1. The van der Waals surface area contributed by atoms with E-state index in [0.29, 0.717) is 24.5 Å². The van der Waals surface area contributed by atoms with Gasteiger partial charge in [-0.15, -0.1) is 0 Å². The maximum atomic E-state index is 5.31. The fourth-order valence-corrected chi connectivity index (χ4v) is 1.85. The molecule has 0 aliphatic carbocycles. The van der Waals surface area contributed by atoms with Gasteiger partial charge in [0.15, 0.2) is 16.6 Å². The Morgan fingerprint density at radius 3 is 2.88 bits per heavy atom. The summed E-state index contributed by atoms with van der Waals surface area (Å²) in [6.07, 6.45) is 0. The largest absolute Gasteiger partial charge is 0.454 e. The molecule has 2 N–H and O–H groups in total. The van der Waals surface area contributed by atoms with Crippen LogP contribution in [0, 0.1) is 0 Å². The first kappa shape index (κ1) is 12.0. The summed E-state index contributed by atoms with van der Waals surface area (Å²) in [6, 6.07) is 6.22. The summed E-state index contributed by atoms with van der Waals surface area (Å²) in [4.78, 5) is 0. The molecule has 0 atom stereocenters. The lowest BCUT2D eigenvalue weighted by atomic mass is 10.2. The summed E-state index contributed by atoms with van der Waals surface area (Å²) < 4.78 is 10.6. The van der Waals surface area contributed by atoms with E-state index in [4.69, 9.17) is 21.7 Å². The Kier molecular flexibility index (Phi) is 3.68. The van der Waals surface area contributed by atoms with Gasteiger partial charge in [-0.1, -0.05) is 6.07 Å². The van der Waals surface area contributed by atoms with Crippen LogP contribution in [0.5, 0.6) is 11.5 Å². The maximum absolute atomic E-state index is 5.31. The molecule has 1 heterocycles. The van der Waals surface area contributed by atoms with E-state index in [1.54, 1.807) is 0 Å². The second kappa shape index (κ2) is 5.23. The molecular weight excluding hydrogens is 236 g/mol. The Morgan fingerprint density at radius 2 is 2.12 bits per heavy atom. The number of ether oxygens (including phenoxy) is 2. The number of nitrogens with one attached hydrogen (secondary N) is 2. The Balaban J connectivity index is 1.89. The molecule has 0 bridgehead atoms. The Morgan fingerprint density at radius 1 is 1.35 bits per heavy atom. The molecular formula is C12H16N2O2S. The molecule has 0 radical (unpaired) electrons. The lowest BCUT2D eigenvalue weighted by molar-refractivity contribution is 0.174. The normalized spacial score (nSPS) is 12.6. The van der Waals surface area contributed by atoms with Crippen molar-refractivity contribution in [1.82, 2.24) is 10.6 Å². The SMILES string of the molecule is CC(C)NC(=S)NCc1ccc2c(c1)OCO2. The molecule has 2 rings (SSSR count). The van der Waals surface area contributed by atoms with E-state index in [0.717, 1.165) is 17.1 Å². The van der Waals surface area contributed by atoms with Crippen molar-refractivity contribution < 1.29 is 9.47 Å². The maximum Gasteiger partial charge on any atom is 0.231 e. The highest BCUT2D eigenvalue weighted by Crippen LogP contribution is 2.32. The second-order valence-electron chi connectivity index (χ2n) is 4.17. The van der Waals surface area contributed by atoms with Crippen molar-refractivity contribution in [3.05, 3.63) is 23.8 Å². The van der Waals surface area contributed by atoms with E-state index < -0.39 is 0 Å². The summed E-state index contributed by atoms with van der Waals surface area (Å²) in [5, 5.41) is 6.94. The highest BCUT2D eigenvalue weighted by atomic mass is 32.1. The smallest absolute Gasteiger partial charge is 0.231 e. The van der Waals surface area contributed by atoms with Gasteiger partial charge < -0.3 is 20.1 Å². The Labute approximate surface area is 106 Å². The predicted molar refractivity (Wildman–Crippen MR) is 70.3 cm³/mol. The zero-order chi connectivity index (χ0) is 12.3. The summed E-state index contributed by atoms with van der Waals surface area (Å²) in [5.41, 5.74) is 1.11. The van der Waals surface area contributed by atoms with Crippen molar-refractivity contribution in [3.63, 3.8) is 0 Å². The van der Waals surface area contributed by atoms with Crippen LogP contribution in [0.1, 0.15) is 19.4 Å². The molecule has 1 aromatic carbocycles. The topological polar surface area (TPSA) is 42.5 Å². The predicted octanol–water partition coefficient (Wildman–Crippen LogP) is 1.79. The number of hydrogen-bond acceptors (Lipinski definition) is 3. The zero-order valence-corrected chi connectivity index (χ0v) is 10.8. The van der Waals surface area contributed by atoms with Crippen LogP contribution in [0.3, 0.4) is 0 Å². The third-order valence-electron chi connectivity index (χ3n) is 2.31. The van der Waals surface area contributed by atoms with Crippen LogP contribution in [0.2, 0.25) is 0 Å². The Hall–Kier alpha value is -1.49. The molecule has 92 valence electrons. The van der Waals surface area contributed by atoms with Crippen LogP contribution < -0.4 is 20.1 Å². The summed E-state index contributed by atoms with van der Waals surface area (Å²) in [5.74, 6) is 1.60. The standard InChI is InChI=1S/C12H16N2O2S/c1-8(2)14-12(17)13-6-9-3-4-10-11(5-9)16-7-15-10/h3-5,8H,6-7H2,1-2H3,(H2,13,14,17). The van der Waals surface area contributed by atoms with Gasteiger partial charge in [-0.05, 0) is 43.8 Å². The van der Waals surface area contributed by atoms with Gasteiger partial charge in [0.25, 0.3) is 0 Å². The fourth-order valence-electron chi connectivity index (χ4n) is 1.55. The van der Waals surface area contributed by atoms with Gasteiger partial charge in [0, 0.05) is 12.6 Å². The van der Waals surface area contributed by atoms with Crippen LogP contribution in [0.25, 0.3) is 0 Å². The van der Waals surface area contributed by atoms with Gasteiger partial charge >= 0.3 is 0 Å². The molecule has 1 aliphatic rings. The molecule has 4 nitrogen and oxygen atoms in total. The van der Waals surface area contributed by atoms with E-state index in [9.17, 15) is 0 Å². The highest BCUT2D eigenvalue weighted by molar-refractivity contribution is 7.80. The van der Waals surface area contributed by atoms with Gasteiger partial charge in [0.2, 0.25) is 6.79 Å². The van der Waals surface area contributed by atoms with E-state index >= 15 is 0 Å². The third kappa shape index (κ3) is 3.23. The molecule has 1 aliphatic heterocycles. The van der Waals surface area contributed by atoms with Crippen molar-refractivity contribution in [2.75, 3.05) is 6.79 Å². The van der Waals surface area contributed by atoms with Crippen LogP contribution in [-0.2, 0) is 6.54 Å². The van der Waals surface area contributed by atoms with Gasteiger partial charge in [-0.3, -0.25) is 0 Å². The minimum absolute atomic E-state index is 0.305. The van der Waals surface area contributed by atoms with Gasteiger partial charge in [-0.2, -0.15) is 0 Å². The highest BCUT2D eigenvalue weighted by Gasteiger charge is 2.12. The number of fused-ring (bicyclic) bond motifs is 1. The van der Waals surface area contributed by atoms with Crippen LogP contribution >= 0.6 is 12.2 Å². The molecule has 5 heteroatoms. The average Bonchev–Trinajstić information content (AvgIpc) is 2.72. The van der Waals surface area contributed by atoms with E-state index in [1.807, 2.05) is 18.2 Å². The first-order valence-electron chi connectivity index (χ1n) is 5.58. The molecule has 0 amide bonds. The zero-order valence-electron chi connectivity index (χ0n) is 9.95. The number of thiocarbonyl (C=S) groups is 1. The lowest BCUT2D eigenvalue weighted by Crippen LogP contribution is -2.38. The monoisotopic (exact) mass is 252 g/mol. The fraction of sp³-hybridized carbons (Fsp3) is 0.417. The number of hydrogen-bond donors (Lipinski definition) is 2. The van der Waals surface area contributed by atoms with Crippen molar-refractivity contribution in [1.29, 1.82) is 0 Å². The Bertz CT molecular complexity index is 421. The second-order valence-corrected chi connectivity index (χ2v) is 4.58. The van der Waals surface area contributed by atoms with Gasteiger partial charge in [-0.25, -0.2) is 0 Å². The molecule has 0 saturated carbocycles. The van der Waals surface area contributed by atoms with Crippen LogP contribution in [0.4, 0.5) is 0 Å². The van der Waals surface area contributed by atoms with Crippen molar-refractivity contribution >= 4 is 17.3 Å². The first-order chi connectivity index (χ1) is 8.15. The van der Waals surface area contributed by atoms with Crippen molar-refractivity contribution in [3.8, 4) is 11.5 Å². The minimum atomic E-state index is 0.305. The van der Waals surface area contributed by atoms with Crippen LogP contribution in [-0.4, -0.2) is 17.9 Å². The van der Waals surface area contributed by atoms with E-state index in [1.165, 1.54) is 0 Å². The average molecular weight is 252 g/mol. The minimum Gasteiger partial charge on any atom is -0.454 e.